The van der Waals surface area contributed by atoms with Crippen LogP contribution in [0.5, 0.6) is 17.2 Å². The van der Waals surface area contributed by atoms with Crippen molar-refractivity contribution in [3.8, 4) is 17.2 Å². The van der Waals surface area contributed by atoms with Crippen molar-refractivity contribution in [3.05, 3.63) is 84.5 Å². The van der Waals surface area contributed by atoms with Crippen molar-refractivity contribution < 1.29 is 24.1 Å². The largest absolute Gasteiger partial charge is 0.504 e. The summed E-state index contributed by atoms with van der Waals surface area (Å²) in [4.78, 5) is 32.1. The summed E-state index contributed by atoms with van der Waals surface area (Å²) in [5, 5.41) is 10.0. The molecule has 37 heavy (non-hydrogen) atoms. The molecule has 0 radical (unpaired) electrons. The number of benzene rings is 2. The van der Waals surface area contributed by atoms with Gasteiger partial charge < -0.3 is 19.3 Å². The molecule has 1 aliphatic heterocycles. The fraction of sp³-hybridized carbons (Fsp3) is 0.321. The van der Waals surface area contributed by atoms with Gasteiger partial charge >= 0.3 is 5.97 Å². The first-order valence-electron chi connectivity index (χ1n) is 12.2. The average Bonchev–Trinajstić information content (AvgIpc) is 3.15. The van der Waals surface area contributed by atoms with Crippen LogP contribution in [0.3, 0.4) is 0 Å². The Morgan fingerprint density at radius 3 is 2.62 bits per heavy atom. The summed E-state index contributed by atoms with van der Waals surface area (Å²) in [6.45, 7) is 9.74. The second kappa shape index (κ2) is 11.0. The molecule has 1 N–H and O–H groups in total. The minimum absolute atomic E-state index is 0.0249. The number of carbonyl (C=O) groups excluding carboxylic acids is 1. The normalized spacial score (nSPS) is 15.4. The lowest BCUT2D eigenvalue weighted by Gasteiger charge is -2.26. The number of hydrogen-bond acceptors (Lipinski definition) is 8. The van der Waals surface area contributed by atoms with Crippen LogP contribution in [0.2, 0.25) is 0 Å². The van der Waals surface area contributed by atoms with Crippen molar-refractivity contribution in [3.63, 3.8) is 0 Å². The standard InChI is InChI=1S/C28H30N2O6S/c1-6-34-22-14-18(12-13-20(22)31)15-23-26(32)30-25(19-10-8-9-11-21(19)36-16(3)4)24(27(33)35-7-2)17(5)29-28(30)37-23/h8-16,25,31H,6-7H2,1-5H3/b23-15+/t25-/m1/s1. The van der Waals surface area contributed by atoms with E-state index in [1.165, 1.54) is 22.0 Å². The molecular formula is C28H30N2O6S. The maximum absolute atomic E-state index is 13.8. The van der Waals surface area contributed by atoms with Crippen molar-refractivity contribution >= 4 is 23.4 Å². The second-order valence-electron chi connectivity index (χ2n) is 8.67. The molecule has 9 heteroatoms. The zero-order valence-corrected chi connectivity index (χ0v) is 22.3. The number of allylic oxidation sites excluding steroid dienone is 1. The number of thiazole rings is 1. The Morgan fingerprint density at radius 2 is 1.92 bits per heavy atom. The van der Waals surface area contributed by atoms with E-state index in [0.29, 0.717) is 49.8 Å². The van der Waals surface area contributed by atoms with Gasteiger partial charge in [-0.2, -0.15) is 0 Å². The molecule has 0 amide bonds. The van der Waals surface area contributed by atoms with Crippen LogP contribution in [0.25, 0.3) is 6.08 Å². The first-order valence-corrected chi connectivity index (χ1v) is 13.0. The fourth-order valence-corrected chi connectivity index (χ4v) is 5.24. The highest BCUT2D eigenvalue weighted by molar-refractivity contribution is 7.07. The number of ether oxygens (including phenoxy) is 3. The topological polar surface area (TPSA) is 99.4 Å². The number of carbonyl (C=O) groups is 1. The molecule has 8 nitrogen and oxygen atoms in total. The van der Waals surface area contributed by atoms with Crippen LogP contribution in [0.4, 0.5) is 0 Å². The number of rotatable bonds is 8. The van der Waals surface area contributed by atoms with Gasteiger partial charge in [-0.3, -0.25) is 9.36 Å². The number of phenolic OH excluding ortho intramolecular Hbond substituents is 1. The first kappa shape index (κ1) is 26.2. The minimum Gasteiger partial charge on any atom is -0.504 e. The number of esters is 1. The SMILES string of the molecule is CCOC(=O)C1=C(C)N=c2s/c(=C/c3ccc(O)c(OCC)c3)c(=O)n2[C@@H]1c1ccccc1OC(C)C. The van der Waals surface area contributed by atoms with Crippen LogP contribution in [0, 0.1) is 0 Å². The summed E-state index contributed by atoms with van der Waals surface area (Å²) in [5.74, 6) is 0.412. The third kappa shape index (κ3) is 5.32. The zero-order valence-electron chi connectivity index (χ0n) is 21.5. The highest BCUT2D eigenvalue weighted by Crippen LogP contribution is 2.36. The van der Waals surface area contributed by atoms with Gasteiger partial charge in [-0.15, -0.1) is 0 Å². The molecule has 2 heterocycles. The Morgan fingerprint density at radius 1 is 1.16 bits per heavy atom. The molecule has 0 aliphatic carbocycles. The third-order valence-corrected chi connectivity index (χ3v) is 6.66. The van der Waals surface area contributed by atoms with Gasteiger partial charge in [-0.05, 0) is 64.5 Å². The molecule has 0 spiro atoms. The molecule has 1 atom stereocenters. The Labute approximate surface area is 218 Å². The Bertz CT molecular complexity index is 1530. The van der Waals surface area contributed by atoms with E-state index in [9.17, 15) is 14.7 Å². The number of aromatic nitrogens is 1. The Balaban J connectivity index is 1.95. The van der Waals surface area contributed by atoms with Crippen LogP contribution >= 0.6 is 11.3 Å². The molecule has 1 aliphatic rings. The molecule has 0 fully saturated rings. The molecule has 3 aromatic rings. The van der Waals surface area contributed by atoms with Crippen molar-refractivity contribution in [2.45, 2.75) is 46.8 Å². The van der Waals surface area contributed by atoms with Crippen LogP contribution in [-0.4, -0.2) is 35.0 Å². The molecule has 0 saturated heterocycles. The van der Waals surface area contributed by atoms with Crippen molar-refractivity contribution in [2.24, 2.45) is 4.99 Å². The zero-order chi connectivity index (χ0) is 26.7. The number of fused-ring (bicyclic) bond motifs is 1. The molecule has 0 unspecified atom stereocenters. The van der Waals surface area contributed by atoms with Crippen LogP contribution in [-0.2, 0) is 9.53 Å². The number of aromatic hydroxyl groups is 1. The predicted molar refractivity (Wildman–Crippen MR) is 142 cm³/mol. The third-order valence-electron chi connectivity index (χ3n) is 5.67. The van der Waals surface area contributed by atoms with E-state index >= 15 is 0 Å². The maximum atomic E-state index is 13.8. The van der Waals surface area contributed by atoms with E-state index in [2.05, 4.69) is 4.99 Å². The van der Waals surface area contributed by atoms with Gasteiger partial charge in [0.25, 0.3) is 5.56 Å². The molecular weight excluding hydrogens is 492 g/mol. The summed E-state index contributed by atoms with van der Waals surface area (Å²) < 4.78 is 18.9. The lowest BCUT2D eigenvalue weighted by molar-refractivity contribution is -0.139. The summed E-state index contributed by atoms with van der Waals surface area (Å²) in [6, 6.07) is 11.5. The highest BCUT2D eigenvalue weighted by Gasteiger charge is 2.35. The number of nitrogens with zero attached hydrogens (tertiary/aromatic N) is 2. The molecule has 0 saturated carbocycles. The second-order valence-corrected chi connectivity index (χ2v) is 9.68. The van der Waals surface area contributed by atoms with Crippen LogP contribution in [0.1, 0.15) is 51.8 Å². The van der Waals surface area contributed by atoms with Crippen LogP contribution in [0.15, 0.2) is 63.5 Å². The lowest BCUT2D eigenvalue weighted by atomic mass is 9.95. The molecule has 4 rings (SSSR count). The van der Waals surface area contributed by atoms with Gasteiger partial charge in [0.2, 0.25) is 0 Å². The van der Waals surface area contributed by atoms with Gasteiger partial charge in [0.1, 0.15) is 11.8 Å². The predicted octanol–water partition coefficient (Wildman–Crippen LogP) is 3.69. The summed E-state index contributed by atoms with van der Waals surface area (Å²) in [5.41, 5.74) is 1.84. The maximum Gasteiger partial charge on any atom is 0.338 e. The summed E-state index contributed by atoms with van der Waals surface area (Å²) in [6.07, 6.45) is 1.62. The Hall–Kier alpha value is -3.85. The molecule has 0 bridgehead atoms. The first-order chi connectivity index (χ1) is 17.7. The molecule has 1 aromatic heterocycles. The highest BCUT2D eigenvalue weighted by atomic mass is 32.1. The minimum atomic E-state index is -0.772. The van der Waals surface area contributed by atoms with Crippen molar-refractivity contribution in [1.29, 1.82) is 0 Å². The molecule has 194 valence electrons. The quantitative estimate of drug-likeness (QED) is 0.453. The fourth-order valence-electron chi connectivity index (χ4n) is 4.20. The van der Waals surface area contributed by atoms with Gasteiger partial charge in [0, 0.05) is 5.56 Å². The van der Waals surface area contributed by atoms with Crippen molar-refractivity contribution in [2.75, 3.05) is 13.2 Å². The number of hydrogen-bond donors (Lipinski definition) is 1. The molecule has 2 aromatic carbocycles. The average molecular weight is 523 g/mol. The van der Waals surface area contributed by atoms with E-state index in [1.807, 2.05) is 45.0 Å². The smallest absolute Gasteiger partial charge is 0.338 e. The number of phenols is 1. The van der Waals surface area contributed by atoms with E-state index in [1.54, 1.807) is 32.1 Å². The van der Waals surface area contributed by atoms with E-state index < -0.39 is 12.0 Å². The Kier molecular flexibility index (Phi) is 7.83. The van der Waals surface area contributed by atoms with E-state index in [4.69, 9.17) is 14.2 Å². The van der Waals surface area contributed by atoms with Gasteiger partial charge in [0.15, 0.2) is 16.3 Å². The summed E-state index contributed by atoms with van der Waals surface area (Å²) in [7, 11) is 0. The lowest BCUT2D eigenvalue weighted by Crippen LogP contribution is -2.40. The monoisotopic (exact) mass is 522 g/mol. The van der Waals surface area contributed by atoms with Crippen LogP contribution < -0.4 is 24.4 Å². The van der Waals surface area contributed by atoms with E-state index in [-0.39, 0.29) is 24.0 Å². The van der Waals surface area contributed by atoms with Gasteiger partial charge in [-0.1, -0.05) is 35.6 Å². The van der Waals surface area contributed by atoms with Gasteiger partial charge in [-0.25, -0.2) is 9.79 Å². The van der Waals surface area contributed by atoms with E-state index in [0.717, 1.165) is 0 Å². The number of para-hydroxylation sites is 1. The van der Waals surface area contributed by atoms with Crippen molar-refractivity contribution in [1.82, 2.24) is 4.57 Å². The van der Waals surface area contributed by atoms with Gasteiger partial charge in [0.05, 0.1) is 35.1 Å². The summed E-state index contributed by atoms with van der Waals surface area (Å²) >= 11 is 1.23.